The van der Waals surface area contributed by atoms with Crippen molar-refractivity contribution in [3.63, 3.8) is 0 Å². The molecule has 520 valence electrons. The van der Waals surface area contributed by atoms with Crippen molar-refractivity contribution in [2.24, 2.45) is 66.8 Å². The maximum atomic E-state index is 14.7. The first-order valence-corrected chi connectivity index (χ1v) is 31.8. The van der Waals surface area contributed by atoms with Crippen molar-refractivity contribution >= 4 is 108 Å². The number of rotatable bonds is 40. The highest BCUT2D eigenvalue weighted by Crippen LogP contribution is 2.23. The topological polar surface area (TPSA) is 565 Å². The van der Waals surface area contributed by atoms with Gasteiger partial charge < -0.3 is 104 Å². The number of hydrogen-bond donors (Lipinski definition) is 20. The first kappa shape index (κ1) is 79.1. The van der Waals surface area contributed by atoms with Crippen LogP contribution in [-0.2, 0) is 65.6 Å². The van der Waals surface area contributed by atoms with E-state index in [0.29, 0.717) is 24.0 Å². The fourth-order valence-corrected chi connectivity index (χ4v) is 10.1. The summed E-state index contributed by atoms with van der Waals surface area (Å²) < 4.78 is -1.07. The zero-order valence-electron chi connectivity index (χ0n) is 53.4. The SMILES string of the molecule is CC[C@H](C)[C@H](NC(=O)[C@H](CCCN=C(N)N)NC(=O)[C@H](CCCN=C(N)N)NC(=O)[C@@H](CS)NC(=O)[C@H](Cc1ccccc1)NC(=O)CNC(=O)CNC(=O)[C@@H](N)Cc1ccc(O)cc1)C(=O)N[C@@H](CCCN=C(N)N)C(=O)N1CCC[C@H]1C(=O)N[C@H](C(N)=O)C(C)(C)S. The Morgan fingerprint density at radius 3 is 1.59 bits per heavy atom. The Balaban J connectivity index is 1.88. The van der Waals surface area contributed by atoms with Crippen LogP contribution in [-0.4, -0.2) is 197 Å². The lowest BCUT2D eigenvalue weighted by Gasteiger charge is -2.33. The van der Waals surface area contributed by atoms with Crippen molar-refractivity contribution in [3.8, 4) is 5.75 Å². The number of primary amides is 1. The molecule has 0 saturated carbocycles. The quantitative estimate of drug-likeness (QED) is 0.0128. The summed E-state index contributed by atoms with van der Waals surface area (Å²) in [6, 6.07) is 2.90. The molecule has 3 rings (SSSR count). The number of guanidine groups is 3. The van der Waals surface area contributed by atoms with Gasteiger partial charge in [-0.05, 0) is 101 Å². The monoisotopic (exact) mass is 1350 g/mol. The highest BCUT2D eigenvalue weighted by molar-refractivity contribution is 7.81. The highest BCUT2D eigenvalue weighted by Gasteiger charge is 2.42. The van der Waals surface area contributed by atoms with Crippen molar-refractivity contribution in [2.45, 2.75) is 157 Å². The second-order valence-electron chi connectivity index (χ2n) is 23.1. The van der Waals surface area contributed by atoms with E-state index in [9.17, 15) is 57.8 Å². The summed E-state index contributed by atoms with van der Waals surface area (Å²) in [6.07, 6.45) is 0.995. The first-order chi connectivity index (χ1) is 44.3. The van der Waals surface area contributed by atoms with Gasteiger partial charge in [-0.3, -0.25) is 67.7 Å². The van der Waals surface area contributed by atoms with Gasteiger partial charge in [-0.2, -0.15) is 25.3 Å². The molecule has 11 amide bonds. The van der Waals surface area contributed by atoms with Gasteiger partial charge in [0.1, 0.15) is 54.1 Å². The van der Waals surface area contributed by atoms with E-state index in [1.807, 2.05) is 0 Å². The summed E-state index contributed by atoms with van der Waals surface area (Å²) in [5.41, 5.74) is 46.3. The standard InChI is InChI=1S/C59H95N21O12S2/c1-5-32(2)45(54(91)76-39(17-11-25-70-58(66)67)55(92)80-26-12-18-42(80)53(90)79-46(47(61)84)59(3,4)94)78-50(87)38(16-10-24-69-57(64)65)74-49(86)37(15-9-23-68-56(62)63)75-52(89)41(31-93)77-51(88)40(28-33-13-7-6-8-14-33)73-44(83)30-71-43(82)29-72-48(85)36(60)27-34-19-21-35(81)22-20-34/h6-8,13-14,19-22,32,36-42,45-46,81,93-94H,5,9-12,15-18,23-31,60H2,1-4H3,(H2,61,84)(H,71,82)(H,72,85)(H,73,83)(H,74,86)(H,75,89)(H,76,91)(H,77,88)(H,78,87)(H,79,90)(H4,62,63,68)(H4,64,65,69)(H4,66,67,70)/t32-,36-,37-,38-,39-,40-,41+,42-,45-,46+/m0/s1. The molecule has 0 unspecified atom stereocenters. The highest BCUT2D eigenvalue weighted by atomic mass is 32.1. The largest absolute Gasteiger partial charge is 0.508 e. The van der Waals surface area contributed by atoms with Gasteiger partial charge in [-0.15, -0.1) is 0 Å². The van der Waals surface area contributed by atoms with Crippen molar-refractivity contribution < 1.29 is 57.8 Å². The summed E-state index contributed by atoms with van der Waals surface area (Å²) in [7, 11) is 0. The molecule has 1 heterocycles. The van der Waals surface area contributed by atoms with E-state index >= 15 is 0 Å². The molecule has 0 radical (unpaired) electrons. The van der Waals surface area contributed by atoms with Gasteiger partial charge in [-0.25, -0.2) is 0 Å². The molecule has 1 saturated heterocycles. The zero-order chi connectivity index (χ0) is 70.2. The molecule has 1 aliphatic rings. The number of likely N-dealkylation sites (tertiary alicyclic amines) is 1. The van der Waals surface area contributed by atoms with E-state index in [1.54, 1.807) is 70.2 Å². The van der Waals surface area contributed by atoms with Gasteiger partial charge in [0.15, 0.2) is 17.9 Å². The molecule has 35 heteroatoms. The number of carbonyl (C=O) groups excluding carboxylic acids is 11. The summed E-state index contributed by atoms with van der Waals surface area (Å²) in [5.74, 6) is -10.4. The Kier molecular flexibility index (Phi) is 33.7. The lowest BCUT2D eigenvalue weighted by Crippen LogP contribution is -2.61. The Bertz CT molecular complexity index is 2980. The lowest BCUT2D eigenvalue weighted by atomic mass is 9.96. The van der Waals surface area contributed by atoms with Crippen LogP contribution in [0.1, 0.15) is 96.6 Å². The Morgan fingerprint density at radius 2 is 1.07 bits per heavy atom. The number of hydrogen-bond acceptors (Lipinski definition) is 18. The third-order valence-electron chi connectivity index (χ3n) is 15.0. The molecule has 0 aliphatic carbocycles. The molecule has 1 aliphatic heterocycles. The number of benzene rings is 2. The van der Waals surface area contributed by atoms with Crippen LogP contribution >= 0.6 is 25.3 Å². The van der Waals surface area contributed by atoms with Crippen molar-refractivity contribution in [2.75, 3.05) is 45.0 Å². The van der Waals surface area contributed by atoms with Crippen LogP contribution in [0.5, 0.6) is 5.75 Å². The second kappa shape index (κ2) is 40.1. The van der Waals surface area contributed by atoms with E-state index in [4.69, 9.17) is 45.9 Å². The first-order valence-electron chi connectivity index (χ1n) is 30.7. The minimum atomic E-state index is -1.47. The average molecular weight is 1350 g/mol. The van der Waals surface area contributed by atoms with Crippen molar-refractivity contribution in [3.05, 3.63) is 65.7 Å². The van der Waals surface area contributed by atoms with Gasteiger partial charge in [0.25, 0.3) is 0 Å². The number of nitrogens with zero attached hydrogens (tertiary/aromatic N) is 4. The average Bonchev–Trinajstić information content (AvgIpc) is 1.59. The van der Waals surface area contributed by atoms with Gasteiger partial charge in [-0.1, -0.05) is 62.7 Å². The smallest absolute Gasteiger partial charge is 0.245 e. The summed E-state index contributed by atoms with van der Waals surface area (Å²) >= 11 is 8.76. The number of thiol groups is 2. The fourth-order valence-electron chi connectivity index (χ4n) is 9.69. The van der Waals surface area contributed by atoms with Crippen LogP contribution in [0.4, 0.5) is 0 Å². The van der Waals surface area contributed by atoms with E-state index in [2.05, 4.69) is 88.1 Å². The molecule has 2 aromatic rings. The van der Waals surface area contributed by atoms with Crippen LogP contribution in [0, 0.1) is 5.92 Å². The van der Waals surface area contributed by atoms with Crippen LogP contribution < -0.4 is 93.7 Å². The van der Waals surface area contributed by atoms with Gasteiger partial charge in [0.2, 0.25) is 65.0 Å². The van der Waals surface area contributed by atoms with Gasteiger partial charge in [0.05, 0.1) is 19.1 Å². The van der Waals surface area contributed by atoms with E-state index < -0.39 is 143 Å². The zero-order valence-corrected chi connectivity index (χ0v) is 55.2. The minimum absolute atomic E-state index is 0.00577. The van der Waals surface area contributed by atoms with Gasteiger partial charge in [0, 0.05) is 43.1 Å². The number of aromatic hydroxyl groups is 1. The minimum Gasteiger partial charge on any atom is -0.508 e. The molecule has 0 spiro atoms. The Hall–Kier alpha value is -9.12. The van der Waals surface area contributed by atoms with Crippen LogP contribution in [0.3, 0.4) is 0 Å². The number of amides is 11. The van der Waals surface area contributed by atoms with E-state index in [1.165, 1.54) is 17.0 Å². The molecule has 33 nitrogen and oxygen atoms in total. The number of carbonyl (C=O) groups is 11. The number of aliphatic imine (C=N–C) groups is 3. The number of nitrogens with one attached hydrogen (secondary N) is 9. The van der Waals surface area contributed by atoms with E-state index in [0.717, 1.165) is 0 Å². The number of phenolic OH excluding ortho intramolecular Hbond substituents is 1. The van der Waals surface area contributed by atoms with E-state index in [-0.39, 0.29) is 113 Å². The third-order valence-corrected chi connectivity index (χ3v) is 15.6. The molecule has 94 heavy (non-hydrogen) atoms. The molecule has 1 fully saturated rings. The van der Waals surface area contributed by atoms with Crippen LogP contribution in [0.2, 0.25) is 0 Å². The number of phenols is 1. The molecule has 2 aromatic carbocycles. The second-order valence-corrected chi connectivity index (χ2v) is 24.6. The Labute approximate surface area is 557 Å². The summed E-state index contributed by atoms with van der Waals surface area (Å²) in [4.78, 5) is 165. The lowest BCUT2D eigenvalue weighted by molar-refractivity contribution is -0.143. The van der Waals surface area contributed by atoms with Crippen molar-refractivity contribution in [1.29, 1.82) is 0 Å². The molecule has 0 aromatic heterocycles. The predicted octanol–water partition coefficient (Wildman–Crippen LogP) is -5.55. The maximum Gasteiger partial charge on any atom is 0.245 e. The predicted molar refractivity (Wildman–Crippen MR) is 360 cm³/mol. The molecular weight excluding hydrogens is 1260 g/mol. The van der Waals surface area contributed by atoms with Crippen LogP contribution in [0.25, 0.3) is 0 Å². The molecular formula is C59H95N21O12S2. The van der Waals surface area contributed by atoms with Crippen LogP contribution in [0.15, 0.2) is 69.6 Å². The normalized spacial score (nSPS) is 15.6. The Morgan fingerprint density at radius 1 is 0.596 bits per heavy atom. The molecule has 10 atom stereocenters. The van der Waals surface area contributed by atoms with Crippen molar-refractivity contribution in [1.82, 2.24) is 52.8 Å². The third kappa shape index (κ3) is 28.4. The fraction of sp³-hybridized carbons (Fsp3) is 0.559. The maximum absolute atomic E-state index is 14.7. The summed E-state index contributed by atoms with van der Waals surface area (Å²) in [6.45, 7) is 5.59. The molecule has 26 N–H and O–H groups in total. The summed E-state index contributed by atoms with van der Waals surface area (Å²) in [5, 5.41) is 32.9. The number of nitrogens with two attached hydrogens (primary N) is 8. The van der Waals surface area contributed by atoms with Gasteiger partial charge >= 0.3 is 0 Å². The molecule has 0 bridgehead atoms.